The number of rotatable bonds is 2. The maximum absolute atomic E-state index is 3.81. The van der Waals surface area contributed by atoms with Crippen molar-refractivity contribution in [1.82, 2.24) is 0 Å². The zero-order valence-corrected chi connectivity index (χ0v) is 12.2. The maximum atomic E-state index is 3.81. The van der Waals surface area contributed by atoms with Crippen LogP contribution in [0, 0.1) is 20.8 Å². The SMILES string of the molecule is Cc1cc(C(Br)c2sccc2C)c(C)s1. The van der Waals surface area contributed by atoms with E-state index in [4.69, 9.17) is 0 Å². The molecular weight excluding hydrogens is 288 g/mol. The van der Waals surface area contributed by atoms with Crippen LogP contribution < -0.4 is 0 Å². The first-order valence-electron chi connectivity index (χ1n) is 4.84. The van der Waals surface area contributed by atoms with Crippen LogP contribution in [0.5, 0.6) is 0 Å². The van der Waals surface area contributed by atoms with Crippen LogP contribution in [0.25, 0.3) is 0 Å². The fourth-order valence-electron chi connectivity index (χ4n) is 1.69. The predicted molar refractivity (Wildman–Crippen MR) is 73.6 cm³/mol. The molecule has 0 radical (unpaired) electrons. The van der Waals surface area contributed by atoms with Gasteiger partial charge >= 0.3 is 0 Å². The van der Waals surface area contributed by atoms with Crippen molar-refractivity contribution >= 4 is 38.6 Å². The lowest BCUT2D eigenvalue weighted by molar-refractivity contribution is 1.18. The normalized spacial score (nSPS) is 13.1. The highest BCUT2D eigenvalue weighted by atomic mass is 79.9. The van der Waals surface area contributed by atoms with Gasteiger partial charge in [0.05, 0.1) is 4.83 Å². The first-order valence-corrected chi connectivity index (χ1v) is 7.45. The molecule has 0 nitrogen and oxygen atoms in total. The summed E-state index contributed by atoms with van der Waals surface area (Å²) in [5.74, 6) is 0. The molecule has 0 saturated carbocycles. The molecule has 0 bridgehead atoms. The first-order chi connectivity index (χ1) is 7.09. The van der Waals surface area contributed by atoms with E-state index in [2.05, 4.69) is 54.2 Å². The molecule has 1 unspecified atom stereocenters. The van der Waals surface area contributed by atoms with E-state index in [0.717, 1.165) is 0 Å². The van der Waals surface area contributed by atoms with Gasteiger partial charge in [-0.3, -0.25) is 0 Å². The van der Waals surface area contributed by atoms with Gasteiger partial charge in [0, 0.05) is 14.6 Å². The van der Waals surface area contributed by atoms with E-state index in [1.165, 1.54) is 25.8 Å². The van der Waals surface area contributed by atoms with Crippen LogP contribution in [0.15, 0.2) is 17.5 Å². The van der Waals surface area contributed by atoms with Crippen molar-refractivity contribution in [2.75, 3.05) is 0 Å². The predicted octanol–water partition coefficient (Wildman–Crippen LogP) is 5.22. The van der Waals surface area contributed by atoms with Gasteiger partial charge in [0.2, 0.25) is 0 Å². The number of hydrogen-bond donors (Lipinski definition) is 0. The molecular formula is C12H13BrS2. The summed E-state index contributed by atoms with van der Waals surface area (Å²) in [7, 11) is 0. The minimum absolute atomic E-state index is 0.363. The van der Waals surface area contributed by atoms with Crippen molar-refractivity contribution in [3.63, 3.8) is 0 Å². The number of aryl methyl sites for hydroxylation is 3. The van der Waals surface area contributed by atoms with E-state index in [1.54, 1.807) is 0 Å². The monoisotopic (exact) mass is 300 g/mol. The smallest absolute Gasteiger partial charge is 0.0751 e. The van der Waals surface area contributed by atoms with E-state index in [0.29, 0.717) is 4.83 Å². The standard InChI is InChI=1S/C12H13BrS2/c1-7-4-5-14-12(7)11(13)10-6-8(2)15-9(10)3/h4-6,11H,1-3H3. The Hall–Kier alpha value is -0.120. The Bertz CT molecular complexity index is 468. The second-order valence-electron chi connectivity index (χ2n) is 3.70. The largest absolute Gasteiger partial charge is 0.147 e. The molecule has 0 amide bonds. The molecule has 2 rings (SSSR count). The van der Waals surface area contributed by atoms with Crippen molar-refractivity contribution < 1.29 is 0 Å². The van der Waals surface area contributed by atoms with Crippen LogP contribution in [-0.4, -0.2) is 0 Å². The van der Waals surface area contributed by atoms with Gasteiger partial charge in [0.15, 0.2) is 0 Å². The van der Waals surface area contributed by atoms with Crippen molar-refractivity contribution in [3.05, 3.63) is 43.3 Å². The molecule has 3 heteroatoms. The average Bonchev–Trinajstić information content (AvgIpc) is 2.71. The molecule has 0 saturated heterocycles. The minimum atomic E-state index is 0.363. The van der Waals surface area contributed by atoms with E-state index in [-0.39, 0.29) is 0 Å². The first kappa shape index (κ1) is 11.4. The van der Waals surface area contributed by atoms with Gasteiger partial charge < -0.3 is 0 Å². The zero-order chi connectivity index (χ0) is 11.0. The molecule has 0 aromatic carbocycles. The highest BCUT2D eigenvalue weighted by Crippen LogP contribution is 2.40. The van der Waals surface area contributed by atoms with Crippen LogP contribution >= 0.6 is 38.6 Å². The quantitative estimate of drug-likeness (QED) is 0.667. The van der Waals surface area contributed by atoms with Gasteiger partial charge in [-0.1, -0.05) is 15.9 Å². The number of alkyl halides is 1. The molecule has 0 aliphatic rings. The molecule has 0 fully saturated rings. The molecule has 15 heavy (non-hydrogen) atoms. The topological polar surface area (TPSA) is 0 Å². The van der Waals surface area contributed by atoms with E-state index in [9.17, 15) is 0 Å². The van der Waals surface area contributed by atoms with E-state index < -0.39 is 0 Å². The summed E-state index contributed by atoms with van der Waals surface area (Å²) >= 11 is 7.51. The maximum Gasteiger partial charge on any atom is 0.0751 e. The highest BCUT2D eigenvalue weighted by molar-refractivity contribution is 9.09. The molecule has 2 heterocycles. The summed E-state index contributed by atoms with van der Waals surface area (Å²) in [6.07, 6.45) is 0. The second-order valence-corrected chi connectivity index (χ2v) is 7.02. The Balaban J connectivity index is 2.40. The lowest BCUT2D eigenvalue weighted by Crippen LogP contribution is -1.91. The fraction of sp³-hybridized carbons (Fsp3) is 0.333. The summed E-state index contributed by atoms with van der Waals surface area (Å²) in [6, 6.07) is 4.47. The van der Waals surface area contributed by atoms with Gasteiger partial charge in [-0.2, -0.15) is 0 Å². The number of halogens is 1. The summed E-state index contributed by atoms with van der Waals surface area (Å²) in [5.41, 5.74) is 2.80. The number of thiophene rings is 2. The van der Waals surface area contributed by atoms with E-state index >= 15 is 0 Å². The van der Waals surface area contributed by atoms with Crippen LogP contribution in [0.4, 0.5) is 0 Å². The van der Waals surface area contributed by atoms with E-state index in [1.807, 2.05) is 22.7 Å². The number of hydrogen-bond acceptors (Lipinski definition) is 2. The molecule has 1 atom stereocenters. The van der Waals surface area contributed by atoms with Crippen molar-refractivity contribution in [1.29, 1.82) is 0 Å². The summed E-state index contributed by atoms with van der Waals surface area (Å²) in [5, 5.41) is 2.16. The molecule has 0 aliphatic carbocycles. The summed E-state index contributed by atoms with van der Waals surface area (Å²) in [6.45, 7) is 6.54. The van der Waals surface area contributed by atoms with Crippen LogP contribution in [0.1, 0.15) is 30.6 Å². The Kier molecular flexibility index (Phi) is 3.33. The van der Waals surface area contributed by atoms with Crippen LogP contribution in [0.3, 0.4) is 0 Å². The molecule has 2 aromatic rings. The Morgan fingerprint density at radius 1 is 1.27 bits per heavy atom. The lowest BCUT2D eigenvalue weighted by atomic mass is 10.1. The van der Waals surface area contributed by atoms with Crippen LogP contribution in [0.2, 0.25) is 0 Å². The van der Waals surface area contributed by atoms with Gasteiger partial charge in [0.25, 0.3) is 0 Å². The van der Waals surface area contributed by atoms with Gasteiger partial charge in [-0.15, -0.1) is 22.7 Å². The van der Waals surface area contributed by atoms with Gasteiger partial charge in [-0.05, 0) is 49.4 Å². The van der Waals surface area contributed by atoms with Crippen molar-refractivity contribution in [2.24, 2.45) is 0 Å². The third-order valence-corrected chi connectivity index (χ3v) is 5.80. The van der Waals surface area contributed by atoms with Crippen molar-refractivity contribution in [3.8, 4) is 0 Å². The van der Waals surface area contributed by atoms with Gasteiger partial charge in [-0.25, -0.2) is 0 Å². The Labute approximate surface area is 107 Å². The highest BCUT2D eigenvalue weighted by Gasteiger charge is 2.17. The molecule has 2 aromatic heterocycles. The van der Waals surface area contributed by atoms with Crippen LogP contribution in [-0.2, 0) is 0 Å². The van der Waals surface area contributed by atoms with Gasteiger partial charge in [0.1, 0.15) is 0 Å². The average molecular weight is 301 g/mol. The van der Waals surface area contributed by atoms with Crippen molar-refractivity contribution in [2.45, 2.75) is 25.6 Å². The molecule has 80 valence electrons. The molecule has 0 aliphatic heterocycles. The molecule has 0 spiro atoms. The summed E-state index contributed by atoms with van der Waals surface area (Å²) in [4.78, 5) is 4.60. The third kappa shape index (κ3) is 2.19. The summed E-state index contributed by atoms with van der Waals surface area (Å²) < 4.78 is 0. The zero-order valence-electron chi connectivity index (χ0n) is 9.00. The molecule has 0 N–H and O–H groups in total. The third-order valence-electron chi connectivity index (χ3n) is 2.48. The Morgan fingerprint density at radius 2 is 2.00 bits per heavy atom. The Morgan fingerprint density at radius 3 is 2.47 bits per heavy atom. The minimum Gasteiger partial charge on any atom is -0.147 e. The second kappa shape index (κ2) is 4.40. The lowest BCUT2D eigenvalue weighted by Gasteiger charge is -2.08. The fourth-order valence-corrected chi connectivity index (χ4v) is 4.88.